The van der Waals surface area contributed by atoms with E-state index in [9.17, 15) is 13.2 Å². The Labute approximate surface area is 149 Å². The molecule has 0 radical (unpaired) electrons. The van der Waals surface area contributed by atoms with E-state index in [2.05, 4.69) is 4.98 Å². The van der Waals surface area contributed by atoms with Crippen LogP contribution >= 0.6 is 23.4 Å². The van der Waals surface area contributed by atoms with E-state index in [1.54, 1.807) is 30.1 Å². The smallest absolute Gasteiger partial charge is 0.256 e. The molecular weight excluding hydrogens is 372 g/mol. The monoisotopic (exact) mass is 388 g/mol. The van der Waals surface area contributed by atoms with Gasteiger partial charge in [0.25, 0.3) is 5.22 Å². The second-order valence-electron chi connectivity index (χ2n) is 5.75. The lowest BCUT2D eigenvalue weighted by atomic mass is 10.2. The van der Waals surface area contributed by atoms with Crippen molar-refractivity contribution in [3.63, 3.8) is 0 Å². The van der Waals surface area contributed by atoms with Crippen LogP contribution in [0.2, 0.25) is 5.02 Å². The van der Waals surface area contributed by atoms with Crippen LogP contribution in [0.1, 0.15) is 12.8 Å². The zero-order valence-electron chi connectivity index (χ0n) is 13.1. The first-order valence-electron chi connectivity index (χ1n) is 7.49. The number of halogens is 1. The summed E-state index contributed by atoms with van der Waals surface area (Å²) in [6, 6.07) is 5.01. The van der Waals surface area contributed by atoms with Crippen LogP contribution in [0.5, 0.6) is 0 Å². The average molecular weight is 389 g/mol. The highest BCUT2D eigenvalue weighted by Crippen LogP contribution is 2.26. The van der Waals surface area contributed by atoms with Crippen LogP contribution in [0, 0.1) is 0 Å². The first kappa shape index (κ1) is 17.6. The Morgan fingerprint density at radius 1 is 1.50 bits per heavy atom. The van der Waals surface area contributed by atoms with Gasteiger partial charge in [0.15, 0.2) is 15.4 Å². The van der Waals surface area contributed by atoms with E-state index >= 15 is 0 Å². The molecule has 0 aliphatic carbocycles. The minimum Gasteiger partial charge on any atom is -0.431 e. The molecule has 0 spiro atoms. The molecule has 2 aromatic rings. The highest BCUT2D eigenvalue weighted by atomic mass is 35.5. The average Bonchev–Trinajstić information content (AvgIpc) is 3.08. The van der Waals surface area contributed by atoms with Crippen LogP contribution in [0.4, 0.5) is 0 Å². The van der Waals surface area contributed by atoms with E-state index < -0.39 is 9.84 Å². The van der Waals surface area contributed by atoms with Gasteiger partial charge in [0.05, 0.1) is 11.5 Å². The molecule has 1 saturated heterocycles. The van der Waals surface area contributed by atoms with Crippen LogP contribution in [0.25, 0.3) is 11.1 Å². The molecule has 1 aromatic carbocycles. The molecule has 1 unspecified atom stereocenters. The fourth-order valence-electron chi connectivity index (χ4n) is 2.63. The molecule has 130 valence electrons. The third-order valence-electron chi connectivity index (χ3n) is 4.02. The molecule has 1 aromatic heterocycles. The molecule has 1 aliphatic heterocycles. The van der Waals surface area contributed by atoms with Crippen LogP contribution in [0.15, 0.2) is 27.8 Å². The minimum atomic E-state index is -2.99. The fourth-order valence-corrected chi connectivity index (χ4v) is 5.33. The maximum atomic E-state index is 12.2. The summed E-state index contributed by atoms with van der Waals surface area (Å²) in [7, 11) is -1.32. The van der Waals surface area contributed by atoms with Crippen molar-refractivity contribution in [1.29, 1.82) is 0 Å². The Bertz CT molecular complexity index is 865. The van der Waals surface area contributed by atoms with Gasteiger partial charge in [-0.1, -0.05) is 23.4 Å². The second-order valence-corrected chi connectivity index (χ2v) is 9.46. The van der Waals surface area contributed by atoms with Gasteiger partial charge in [-0.05, 0) is 24.6 Å². The van der Waals surface area contributed by atoms with E-state index in [0.717, 1.165) is 0 Å². The van der Waals surface area contributed by atoms with Crippen molar-refractivity contribution in [3.8, 4) is 0 Å². The van der Waals surface area contributed by atoms with E-state index in [0.29, 0.717) is 39.9 Å². The van der Waals surface area contributed by atoms with Crippen molar-refractivity contribution in [2.24, 2.45) is 0 Å². The Morgan fingerprint density at radius 3 is 3.00 bits per heavy atom. The molecule has 1 atom stereocenters. The summed E-state index contributed by atoms with van der Waals surface area (Å²) in [6.07, 6.45) is 0.820. The molecule has 0 N–H and O–H groups in total. The van der Waals surface area contributed by atoms with Gasteiger partial charge in [0.2, 0.25) is 5.91 Å². The molecule has 24 heavy (non-hydrogen) atoms. The van der Waals surface area contributed by atoms with Crippen molar-refractivity contribution in [1.82, 2.24) is 9.88 Å². The topological polar surface area (TPSA) is 80.5 Å². The lowest BCUT2D eigenvalue weighted by Gasteiger charge is -2.23. The summed E-state index contributed by atoms with van der Waals surface area (Å²) in [6.45, 7) is 0. The van der Waals surface area contributed by atoms with Crippen LogP contribution in [-0.4, -0.2) is 54.6 Å². The number of hydrogen-bond donors (Lipinski definition) is 0. The molecule has 6 nitrogen and oxygen atoms in total. The number of oxazole rings is 1. The predicted octanol–water partition coefficient (Wildman–Crippen LogP) is 2.61. The van der Waals surface area contributed by atoms with Gasteiger partial charge < -0.3 is 9.32 Å². The number of carbonyl (C=O) groups is 1. The molecule has 0 bridgehead atoms. The third-order valence-corrected chi connectivity index (χ3v) is 6.84. The van der Waals surface area contributed by atoms with Crippen molar-refractivity contribution >= 4 is 50.2 Å². The van der Waals surface area contributed by atoms with Crippen molar-refractivity contribution in [3.05, 3.63) is 23.2 Å². The van der Waals surface area contributed by atoms with E-state index in [4.69, 9.17) is 16.0 Å². The van der Waals surface area contributed by atoms with Crippen LogP contribution in [-0.2, 0) is 14.6 Å². The molecule has 2 heterocycles. The first-order valence-corrected chi connectivity index (χ1v) is 10.7. The number of sulfone groups is 1. The van der Waals surface area contributed by atoms with Gasteiger partial charge in [-0.3, -0.25) is 4.79 Å². The Balaban J connectivity index is 1.52. The highest BCUT2D eigenvalue weighted by molar-refractivity contribution is 7.99. The normalized spacial score (nSPS) is 19.7. The fraction of sp³-hybridized carbons (Fsp3) is 0.467. The minimum absolute atomic E-state index is 0.0638. The summed E-state index contributed by atoms with van der Waals surface area (Å²) in [5.41, 5.74) is 1.34. The van der Waals surface area contributed by atoms with Crippen molar-refractivity contribution < 1.29 is 17.6 Å². The number of thioether (sulfide) groups is 1. The number of aromatic nitrogens is 1. The number of benzene rings is 1. The van der Waals surface area contributed by atoms with Gasteiger partial charge in [-0.25, -0.2) is 13.4 Å². The number of nitrogens with zero attached hydrogens (tertiary/aromatic N) is 2. The quantitative estimate of drug-likeness (QED) is 0.732. The maximum absolute atomic E-state index is 12.2. The van der Waals surface area contributed by atoms with E-state index in [1.165, 1.54) is 11.8 Å². The molecule has 0 saturated carbocycles. The zero-order chi connectivity index (χ0) is 17.3. The number of carbonyl (C=O) groups excluding carboxylic acids is 1. The summed E-state index contributed by atoms with van der Waals surface area (Å²) >= 11 is 7.26. The molecule has 1 fully saturated rings. The maximum Gasteiger partial charge on any atom is 0.256 e. The predicted molar refractivity (Wildman–Crippen MR) is 94.2 cm³/mol. The second kappa shape index (κ2) is 6.93. The zero-order valence-corrected chi connectivity index (χ0v) is 15.5. The molecule has 1 amide bonds. The van der Waals surface area contributed by atoms with Gasteiger partial charge in [-0.15, -0.1) is 0 Å². The summed E-state index contributed by atoms with van der Waals surface area (Å²) in [5, 5.41) is 1.09. The van der Waals surface area contributed by atoms with Crippen molar-refractivity contribution in [2.45, 2.75) is 24.1 Å². The van der Waals surface area contributed by atoms with Crippen LogP contribution < -0.4 is 0 Å². The first-order chi connectivity index (χ1) is 11.3. The lowest BCUT2D eigenvalue weighted by Crippen LogP contribution is -2.37. The summed E-state index contributed by atoms with van der Waals surface area (Å²) in [4.78, 5) is 18.1. The van der Waals surface area contributed by atoms with Crippen molar-refractivity contribution in [2.75, 3.05) is 24.3 Å². The Kier molecular flexibility index (Phi) is 5.08. The van der Waals surface area contributed by atoms with Gasteiger partial charge in [-0.2, -0.15) is 0 Å². The number of amides is 1. The number of rotatable bonds is 5. The van der Waals surface area contributed by atoms with Gasteiger partial charge in [0.1, 0.15) is 5.52 Å². The van der Waals surface area contributed by atoms with Gasteiger partial charge >= 0.3 is 0 Å². The van der Waals surface area contributed by atoms with E-state index in [1.807, 2.05) is 0 Å². The number of hydrogen-bond acceptors (Lipinski definition) is 6. The Hall–Kier alpha value is -1.25. The standard InChI is InChI=1S/C15H17ClN2O4S2/c1-18(11-5-7-24(20,21)9-11)14(19)4-6-23-15-17-12-8-10(16)2-3-13(12)22-15/h2-3,8,11H,4-7,9H2,1H3. The third kappa shape index (κ3) is 4.04. The largest absolute Gasteiger partial charge is 0.431 e. The molecule has 1 aliphatic rings. The summed E-state index contributed by atoms with van der Waals surface area (Å²) < 4.78 is 28.6. The summed E-state index contributed by atoms with van der Waals surface area (Å²) in [5.74, 6) is 0.677. The number of fused-ring (bicyclic) bond motifs is 1. The molecule has 9 heteroatoms. The molecular formula is C15H17ClN2O4S2. The molecule has 3 rings (SSSR count). The SMILES string of the molecule is CN(C(=O)CCSc1nc2cc(Cl)ccc2o1)C1CCS(=O)(=O)C1. The highest BCUT2D eigenvalue weighted by Gasteiger charge is 2.32. The Morgan fingerprint density at radius 2 is 2.29 bits per heavy atom. The van der Waals surface area contributed by atoms with E-state index in [-0.39, 0.29) is 23.5 Å². The van der Waals surface area contributed by atoms with Gasteiger partial charge in [0, 0.05) is 30.3 Å². The lowest BCUT2D eigenvalue weighted by molar-refractivity contribution is -0.131. The van der Waals surface area contributed by atoms with Crippen LogP contribution in [0.3, 0.4) is 0 Å².